The van der Waals surface area contributed by atoms with E-state index in [0.29, 0.717) is 27.9 Å². The highest BCUT2D eigenvalue weighted by molar-refractivity contribution is 7.21. The fourth-order valence-electron chi connectivity index (χ4n) is 4.40. The van der Waals surface area contributed by atoms with Crippen LogP contribution in [0.25, 0.3) is 10.2 Å². The molecule has 33 heavy (non-hydrogen) atoms. The van der Waals surface area contributed by atoms with Crippen LogP contribution in [-0.2, 0) is 17.6 Å². The average molecular weight is 457 g/mol. The monoisotopic (exact) mass is 456 g/mol. The number of aromatic nitrogens is 1. The molecule has 1 aliphatic rings. The lowest BCUT2D eigenvalue weighted by molar-refractivity contribution is -0.114. The number of rotatable bonds is 4. The molecule has 1 unspecified atom stereocenters. The smallest absolute Gasteiger partial charge is 0.267 e. The number of hydrogen-bond donors (Lipinski definition) is 3. The van der Waals surface area contributed by atoms with Gasteiger partial charge >= 0.3 is 0 Å². The zero-order valence-electron chi connectivity index (χ0n) is 18.2. The van der Waals surface area contributed by atoms with E-state index in [1.807, 2.05) is 6.07 Å². The molecule has 1 aliphatic carbocycles. The van der Waals surface area contributed by atoms with Crippen LogP contribution in [0.4, 0.5) is 17.1 Å². The second-order valence-corrected chi connectivity index (χ2v) is 9.35. The Morgan fingerprint density at radius 2 is 1.73 bits per heavy atom. The second kappa shape index (κ2) is 8.67. The fourth-order valence-corrected chi connectivity index (χ4v) is 5.39. The van der Waals surface area contributed by atoms with Crippen LogP contribution >= 0.6 is 11.3 Å². The average Bonchev–Trinajstić information content (AvgIpc) is 3.14. The summed E-state index contributed by atoms with van der Waals surface area (Å²) < 4.78 is 0. The molecular weight excluding hydrogens is 432 g/mol. The first-order valence-electron chi connectivity index (χ1n) is 10.9. The normalized spacial score (nSPS) is 15.1. The summed E-state index contributed by atoms with van der Waals surface area (Å²) in [6.45, 7) is 1.45. The van der Waals surface area contributed by atoms with E-state index in [0.717, 1.165) is 35.2 Å². The van der Waals surface area contributed by atoms with Gasteiger partial charge < -0.3 is 16.4 Å². The number of benzene rings is 2. The molecule has 4 aromatic rings. The standard InChI is InChI=1S/C26H24N4O2S/c1-15(31)28-19-8-10-20(11-9-19)29-25(32)24-23(27)21-14-18-13-17(16-5-3-2-4-6-16)7-12-22(18)30-26(21)33-24/h2-6,8-11,14,17H,7,12-13,27H2,1H3,(H,28,31)(H,29,32). The SMILES string of the molecule is CC(=O)Nc1ccc(NC(=O)c2sc3nc4c(cc3c2N)CC(c2ccccc2)CC4)cc1. The van der Waals surface area contributed by atoms with Crippen LogP contribution in [0.1, 0.15) is 45.8 Å². The molecule has 0 bridgehead atoms. The molecule has 2 aromatic heterocycles. The Bertz CT molecular complexity index is 1350. The topological polar surface area (TPSA) is 97.1 Å². The predicted molar refractivity (Wildman–Crippen MR) is 134 cm³/mol. The molecule has 0 aliphatic heterocycles. The quantitative estimate of drug-likeness (QED) is 0.385. The molecule has 0 fully saturated rings. The maximum atomic E-state index is 12.9. The molecular formula is C26H24N4O2S. The zero-order chi connectivity index (χ0) is 22.9. The largest absolute Gasteiger partial charge is 0.397 e. The summed E-state index contributed by atoms with van der Waals surface area (Å²) in [6.07, 6.45) is 2.92. The van der Waals surface area contributed by atoms with Crippen molar-refractivity contribution in [3.05, 3.63) is 82.4 Å². The lowest BCUT2D eigenvalue weighted by Gasteiger charge is -2.24. The van der Waals surface area contributed by atoms with E-state index in [1.165, 1.54) is 29.4 Å². The Balaban J connectivity index is 1.38. The number of nitrogens with two attached hydrogens (primary N) is 1. The van der Waals surface area contributed by atoms with Gasteiger partial charge in [-0.1, -0.05) is 30.3 Å². The van der Waals surface area contributed by atoms with Gasteiger partial charge in [0.25, 0.3) is 5.91 Å². The van der Waals surface area contributed by atoms with Crippen molar-refractivity contribution >= 4 is 50.4 Å². The Hall–Kier alpha value is -3.71. The maximum Gasteiger partial charge on any atom is 0.267 e. The van der Waals surface area contributed by atoms with Crippen LogP contribution < -0.4 is 16.4 Å². The highest BCUT2D eigenvalue weighted by atomic mass is 32.1. The van der Waals surface area contributed by atoms with Crippen molar-refractivity contribution in [1.29, 1.82) is 0 Å². The van der Waals surface area contributed by atoms with E-state index in [-0.39, 0.29) is 11.8 Å². The van der Waals surface area contributed by atoms with Crippen molar-refractivity contribution < 1.29 is 9.59 Å². The first kappa shape index (κ1) is 21.2. The first-order chi connectivity index (χ1) is 16.0. The van der Waals surface area contributed by atoms with E-state index < -0.39 is 0 Å². The molecule has 0 radical (unpaired) electrons. The minimum atomic E-state index is -0.261. The number of thiophene rings is 1. The van der Waals surface area contributed by atoms with Crippen molar-refractivity contribution in [2.24, 2.45) is 0 Å². The van der Waals surface area contributed by atoms with Crippen LogP contribution in [0, 0.1) is 0 Å². The van der Waals surface area contributed by atoms with Crippen LogP contribution in [0.5, 0.6) is 0 Å². The third-order valence-corrected chi connectivity index (χ3v) is 7.14. The first-order valence-corrected chi connectivity index (χ1v) is 11.7. The summed E-state index contributed by atoms with van der Waals surface area (Å²) in [7, 11) is 0. The highest BCUT2D eigenvalue weighted by Gasteiger charge is 2.24. The maximum absolute atomic E-state index is 12.9. The van der Waals surface area contributed by atoms with Crippen LogP contribution in [0.2, 0.25) is 0 Å². The molecule has 2 heterocycles. The number of aryl methyl sites for hydroxylation is 1. The number of pyridine rings is 1. The molecule has 2 amide bonds. The third-order valence-electron chi connectivity index (χ3n) is 6.03. The lowest BCUT2D eigenvalue weighted by Crippen LogP contribution is -2.14. The molecule has 7 heteroatoms. The number of amides is 2. The van der Waals surface area contributed by atoms with E-state index in [2.05, 4.69) is 41.0 Å². The lowest BCUT2D eigenvalue weighted by atomic mass is 9.82. The van der Waals surface area contributed by atoms with Gasteiger partial charge in [-0.25, -0.2) is 4.98 Å². The number of anilines is 3. The summed E-state index contributed by atoms with van der Waals surface area (Å²) in [5, 5.41) is 6.44. The number of hydrogen-bond acceptors (Lipinski definition) is 5. The van der Waals surface area contributed by atoms with Crippen molar-refractivity contribution in [2.45, 2.75) is 32.1 Å². The van der Waals surface area contributed by atoms with Gasteiger partial charge in [-0.05, 0) is 66.6 Å². The van der Waals surface area contributed by atoms with Crippen LogP contribution in [0.15, 0.2) is 60.7 Å². The van der Waals surface area contributed by atoms with Gasteiger partial charge in [0.15, 0.2) is 0 Å². The van der Waals surface area contributed by atoms with E-state index in [9.17, 15) is 9.59 Å². The number of nitrogens with one attached hydrogen (secondary N) is 2. The van der Waals surface area contributed by atoms with Crippen LogP contribution in [0.3, 0.4) is 0 Å². The highest BCUT2D eigenvalue weighted by Crippen LogP contribution is 2.38. The van der Waals surface area contributed by atoms with E-state index >= 15 is 0 Å². The summed E-state index contributed by atoms with van der Waals surface area (Å²) >= 11 is 1.33. The van der Waals surface area contributed by atoms with Gasteiger partial charge in [-0.2, -0.15) is 0 Å². The fraction of sp³-hybridized carbons (Fsp3) is 0.192. The van der Waals surface area contributed by atoms with Crippen LogP contribution in [-0.4, -0.2) is 16.8 Å². The molecule has 5 rings (SSSR count). The predicted octanol–water partition coefficient (Wildman–Crippen LogP) is 5.36. The molecule has 0 saturated carbocycles. The molecule has 0 saturated heterocycles. The third kappa shape index (κ3) is 4.32. The van der Waals surface area contributed by atoms with Crippen molar-refractivity contribution in [3.8, 4) is 0 Å². The second-order valence-electron chi connectivity index (χ2n) is 8.35. The number of carbonyl (C=O) groups is 2. The number of carbonyl (C=O) groups excluding carboxylic acids is 2. The Kier molecular flexibility index (Phi) is 5.56. The summed E-state index contributed by atoms with van der Waals surface area (Å²) in [5.74, 6) is 0.0686. The molecule has 6 nitrogen and oxygen atoms in total. The van der Waals surface area contributed by atoms with Gasteiger partial charge in [-0.3, -0.25) is 9.59 Å². The van der Waals surface area contributed by atoms with Gasteiger partial charge in [0.1, 0.15) is 9.71 Å². The van der Waals surface area contributed by atoms with Gasteiger partial charge in [0.2, 0.25) is 5.91 Å². The number of fused-ring (bicyclic) bond motifs is 2. The minimum Gasteiger partial charge on any atom is -0.397 e. The zero-order valence-corrected chi connectivity index (χ0v) is 19.0. The Morgan fingerprint density at radius 1 is 1.03 bits per heavy atom. The van der Waals surface area contributed by atoms with Crippen molar-refractivity contribution in [2.75, 3.05) is 16.4 Å². The van der Waals surface area contributed by atoms with E-state index in [1.54, 1.807) is 24.3 Å². The van der Waals surface area contributed by atoms with Gasteiger partial charge in [-0.15, -0.1) is 11.3 Å². The van der Waals surface area contributed by atoms with Crippen molar-refractivity contribution in [1.82, 2.24) is 4.98 Å². The summed E-state index contributed by atoms with van der Waals surface area (Å²) in [4.78, 5) is 30.3. The molecule has 166 valence electrons. The van der Waals surface area contributed by atoms with E-state index in [4.69, 9.17) is 10.7 Å². The minimum absolute atomic E-state index is 0.143. The molecule has 0 spiro atoms. The molecule has 1 atom stereocenters. The Morgan fingerprint density at radius 3 is 2.42 bits per heavy atom. The Labute approximate surface area is 195 Å². The molecule has 4 N–H and O–H groups in total. The molecule has 2 aromatic carbocycles. The van der Waals surface area contributed by atoms with Crippen molar-refractivity contribution in [3.63, 3.8) is 0 Å². The number of nitrogen functional groups attached to an aromatic ring is 1. The van der Waals surface area contributed by atoms with Gasteiger partial charge in [0, 0.05) is 29.4 Å². The van der Waals surface area contributed by atoms with Gasteiger partial charge in [0.05, 0.1) is 5.69 Å². The summed E-state index contributed by atoms with van der Waals surface area (Å²) in [5.41, 5.74) is 11.9. The number of nitrogens with zero attached hydrogens (tertiary/aromatic N) is 1. The summed E-state index contributed by atoms with van der Waals surface area (Å²) in [6, 6.07) is 19.7.